The minimum absolute atomic E-state index is 0.0986. The van der Waals surface area contributed by atoms with Crippen molar-refractivity contribution in [3.8, 4) is 0 Å². The Morgan fingerprint density at radius 3 is 2.32 bits per heavy atom. The first-order valence-electron chi connectivity index (χ1n) is 10.0. The minimum atomic E-state index is -0.0986. The van der Waals surface area contributed by atoms with Crippen LogP contribution in [0.15, 0.2) is 4.52 Å². The molecular formula is C20H31N3O2. The molecule has 1 aromatic heterocycles. The maximum absolute atomic E-state index is 12.4. The first-order valence-corrected chi connectivity index (χ1v) is 10.0. The van der Waals surface area contributed by atoms with Crippen molar-refractivity contribution in [3.05, 3.63) is 11.7 Å². The third-order valence-corrected chi connectivity index (χ3v) is 6.49. The number of hydrogen-bond acceptors (Lipinski definition) is 4. The summed E-state index contributed by atoms with van der Waals surface area (Å²) in [5.74, 6) is 4.97. The van der Waals surface area contributed by atoms with Gasteiger partial charge in [0.15, 0.2) is 5.82 Å². The number of carbonyl (C=O) groups excluding carboxylic acids is 1. The van der Waals surface area contributed by atoms with E-state index in [0.29, 0.717) is 24.8 Å². The van der Waals surface area contributed by atoms with Crippen LogP contribution in [0.2, 0.25) is 0 Å². The number of carbonyl (C=O) groups is 1. The molecule has 1 N–H and O–H groups in total. The van der Waals surface area contributed by atoms with Gasteiger partial charge < -0.3 is 9.84 Å². The van der Waals surface area contributed by atoms with Crippen LogP contribution in [-0.4, -0.2) is 22.1 Å². The van der Waals surface area contributed by atoms with E-state index >= 15 is 0 Å². The Labute approximate surface area is 150 Å². The number of amides is 1. The highest BCUT2D eigenvalue weighted by atomic mass is 16.5. The van der Waals surface area contributed by atoms with Gasteiger partial charge in [0.25, 0.3) is 0 Å². The van der Waals surface area contributed by atoms with Crippen LogP contribution in [0.3, 0.4) is 0 Å². The lowest BCUT2D eigenvalue weighted by Gasteiger charge is -2.54. The first-order chi connectivity index (χ1) is 11.9. The molecule has 138 valence electrons. The Morgan fingerprint density at radius 2 is 1.76 bits per heavy atom. The molecule has 0 spiro atoms. The fourth-order valence-electron chi connectivity index (χ4n) is 5.48. The third-order valence-electron chi connectivity index (χ3n) is 6.49. The summed E-state index contributed by atoms with van der Waals surface area (Å²) in [7, 11) is 0. The van der Waals surface area contributed by atoms with Crippen LogP contribution in [0.4, 0.5) is 0 Å². The predicted molar refractivity (Wildman–Crippen MR) is 94.9 cm³/mol. The second-order valence-electron chi connectivity index (χ2n) is 9.64. The van der Waals surface area contributed by atoms with Crippen LogP contribution < -0.4 is 5.32 Å². The molecule has 4 aliphatic carbocycles. The molecule has 0 unspecified atom stereocenters. The highest BCUT2D eigenvalue weighted by Crippen LogP contribution is 2.53. The fraction of sp³-hybridized carbons (Fsp3) is 0.850. The number of hydrogen-bond donors (Lipinski definition) is 1. The van der Waals surface area contributed by atoms with E-state index in [0.717, 1.165) is 35.9 Å². The van der Waals surface area contributed by atoms with Crippen molar-refractivity contribution in [2.24, 2.45) is 23.7 Å². The molecule has 1 heterocycles. The van der Waals surface area contributed by atoms with Gasteiger partial charge in [-0.25, -0.2) is 0 Å². The zero-order valence-corrected chi connectivity index (χ0v) is 15.8. The maximum Gasteiger partial charge on any atom is 0.226 e. The van der Waals surface area contributed by atoms with Crippen LogP contribution >= 0.6 is 0 Å². The molecule has 1 aromatic rings. The normalized spacial score (nSPS) is 33.6. The number of aryl methyl sites for hydroxylation is 1. The molecule has 0 aliphatic heterocycles. The van der Waals surface area contributed by atoms with Gasteiger partial charge in [-0.05, 0) is 62.2 Å². The lowest BCUT2D eigenvalue weighted by Crippen LogP contribution is -2.55. The topological polar surface area (TPSA) is 68.0 Å². The van der Waals surface area contributed by atoms with E-state index in [1.54, 1.807) is 0 Å². The molecule has 5 rings (SSSR count). The van der Waals surface area contributed by atoms with E-state index in [-0.39, 0.29) is 11.3 Å². The third kappa shape index (κ3) is 3.61. The number of nitrogens with one attached hydrogen (secondary N) is 1. The Kier molecular flexibility index (Phi) is 4.37. The quantitative estimate of drug-likeness (QED) is 0.885. The van der Waals surface area contributed by atoms with Crippen molar-refractivity contribution < 1.29 is 9.32 Å². The molecule has 4 fully saturated rings. The van der Waals surface area contributed by atoms with Gasteiger partial charge in [0.05, 0.1) is 0 Å². The van der Waals surface area contributed by atoms with Gasteiger partial charge in [0, 0.05) is 24.3 Å². The summed E-state index contributed by atoms with van der Waals surface area (Å²) in [6.45, 7) is 6.21. The Hall–Kier alpha value is -1.39. The largest absolute Gasteiger partial charge is 0.353 e. The second kappa shape index (κ2) is 6.40. The molecule has 0 atom stereocenters. The Morgan fingerprint density at radius 1 is 1.12 bits per heavy atom. The lowest BCUT2D eigenvalue weighted by molar-refractivity contribution is -0.125. The molecule has 0 saturated heterocycles. The van der Waals surface area contributed by atoms with Crippen molar-refractivity contribution in [2.75, 3.05) is 0 Å². The van der Waals surface area contributed by atoms with Crippen LogP contribution in [0.25, 0.3) is 0 Å². The summed E-state index contributed by atoms with van der Waals surface area (Å²) >= 11 is 0. The average Bonchev–Trinajstić information content (AvgIpc) is 2.99. The van der Waals surface area contributed by atoms with Crippen LogP contribution in [0, 0.1) is 23.7 Å². The van der Waals surface area contributed by atoms with Gasteiger partial charge >= 0.3 is 0 Å². The van der Waals surface area contributed by atoms with Crippen molar-refractivity contribution in [1.82, 2.24) is 15.5 Å². The summed E-state index contributed by atoms with van der Waals surface area (Å²) in [6, 6.07) is 0.441. The summed E-state index contributed by atoms with van der Waals surface area (Å²) < 4.78 is 5.31. The fourth-order valence-corrected chi connectivity index (χ4v) is 5.48. The van der Waals surface area contributed by atoms with E-state index in [1.165, 1.54) is 32.1 Å². The van der Waals surface area contributed by atoms with E-state index in [4.69, 9.17) is 4.52 Å². The standard InChI is InChI=1S/C20H31N3O2/c1-20(2,3)19-22-17(25-23-19)6-4-5-16(24)21-18-14-8-12-7-13(10-14)11-15(18)9-12/h12-15,18H,4-11H2,1-3H3,(H,21,24). The predicted octanol–water partition coefficient (Wildman–Crippen LogP) is 3.63. The zero-order chi connectivity index (χ0) is 17.6. The van der Waals surface area contributed by atoms with Gasteiger partial charge in [-0.1, -0.05) is 25.9 Å². The van der Waals surface area contributed by atoms with E-state index in [2.05, 4.69) is 36.2 Å². The van der Waals surface area contributed by atoms with E-state index in [1.807, 2.05) is 0 Å². The molecule has 1 amide bonds. The zero-order valence-electron chi connectivity index (χ0n) is 15.8. The second-order valence-corrected chi connectivity index (χ2v) is 9.64. The Bertz CT molecular complexity index is 603. The molecule has 25 heavy (non-hydrogen) atoms. The SMILES string of the molecule is CC(C)(C)c1noc(CCCC(=O)NC2C3CC4CC(C3)CC2C4)n1. The highest BCUT2D eigenvalue weighted by Gasteiger charge is 2.48. The number of nitrogens with zero attached hydrogens (tertiary/aromatic N) is 2. The van der Waals surface area contributed by atoms with Gasteiger partial charge in [0.2, 0.25) is 11.8 Å². The smallest absolute Gasteiger partial charge is 0.226 e. The van der Waals surface area contributed by atoms with Crippen molar-refractivity contribution in [3.63, 3.8) is 0 Å². The summed E-state index contributed by atoms with van der Waals surface area (Å²) in [4.78, 5) is 16.9. The van der Waals surface area contributed by atoms with Crippen LogP contribution in [0.5, 0.6) is 0 Å². The molecule has 5 nitrogen and oxygen atoms in total. The summed E-state index contributed by atoms with van der Waals surface area (Å²) in [5.41, 5.74) is -0.0986. The van der Waals surface area contributed by atoms with Crippen LogP contribution in [-0.2, 0) is 16.6 Å². The Balaban J connectivity index is 1.24. The summed E-state index contributed by atoms with van der Waals surface area (Å²) in [6.07, 6.45) is 8.82. The molecular weight excluding hydrogens is 314 g/mol. The van der Waals surface area contributed by atoms with E-state index < -0.39 is 0 Å². The molecule has 4 saturated carbocycles. The summed E-state index contributed by atoms with van der Waals surface area (Å²) in [5, 5.41) is 7.41. The van der Waals surface area contributed by atoms with Crippen molar-refractivity contribution in [2.45, 2.75) is 83.6 Å². The molecule has 4 bridgehead atoms. The molecule has 4 aliphatic rings. The number of aromatic nitrogens is 2. The van der Waals surface area contributed by atoms with Crippen molar-refractivity contribution >= 4 is 5.91 Å². The monoisotopic (exact) mass is 345 g/mol. The minimum Gasteiger partial charge on any atom is -0.353 e. The lowest BCUT2D eigenvalue weighted by atomic mass is 9.54. The molecule has 5 heteroatoms. The van der Waals surface area contributed by atoms with Crippen LogP contribution in [0.1, 0.15) is 77.4 Å². The molecule has 0 radical (unpaired) electrons. The van der Waals surface area contributed by atoms with Crippen molar-refractivity contribution in [1.29, 1.82) is 0 Å². The number of rotatable bonds is 5. The van der Waals surface area contributed by atoms with E-state index in [9.17, 15) is 4.79 Å². The highest BCUT2D eigenvalue weighted by molar-refractivity contribution is 5.76. The van der Waals surface area contributed by atoms with Gasteiger partial charge in [-0.2, -0.15) is 4.98 Å². The maximum atomic E-state index is 12.4. The first kappa shape index (κ1) is 17.0. The van der Waals surface area contributed by atoms with Gasteiger partial charge in [-0.3, -0.25) is 4.79 Å². The molecule has 0 aromatic carbocycles. The van der Waals surface area contributed by atoms with Gasteiger partial charge in [0.1, 0.15) is 0 Å². The average molecular weight is 345 g/mol. The van der Waals surface area contributed by atoms with Gasteiger partial charge in [-0.15, -0.1) is 0 Å².